The van der Waals surface area contributed by atoms with E-state index in [1.165, 1.54) is 21.2 Å². The molecule has 2 aromatic rings. The first-order chi connectivity index (χ1) is 11.9. The molecule has 3 rings (SSSR count). The Labute approximate surface area is 158 Å². The minimum Gasteiger partial charge on any atom is -0.481 e. The van der Waals surface area contributed by atoms with Gasteiger partial charge in [0.1, 0.15) is 0 Å². The Morgan fingerprint density at radius 1 is 1.16 bits per heavy atom. The first-order valence-electron chi connectivity index (χ1n) is 8.06. The number of carboxylic acid groups (broad SMARTS) is 1. The van der Waals surface area contributed by atoms with Crippen molar-refractivity contribution in [1.82, 2.24) is 4.90 Å². The van der Waals surface area contributed by atoms with Crippen LogP contribution in [-0.4, -0.2) is 43.2 Å². The predicted octanol–water partition coefficient (Wildman–Crippen LogP) is 4.99. The van der Waals surface area contributed by atoms with Gasteiger partial charge in [0.2, 0.25) is 0 Å². The minimum atomic E-state index is -0.833. The highest BCUT2D eigenvalue weighted by Crippen LogP contribution is 2.48. The molecule has 0 fully saturated rings. The highest BCUT2D eigenvalue weighted by molar-refractivity contribution is 7.99. The van der Waals surface area contributed by atoms with E-state index in [9.17, 15) is 0 Å². The summed E-state index contributed by atoms with van der Waals surface area (Å²) in [6.07, 6.45) is 1.12. The Kier molecular flexibility index (Phi) is 7.17. The number of rotatable bonds is 4. The van der Waals surface area contributed by atoms with Crippen LogP contribution in [0.25, 0.3) is 0 Å². The van der Waals surface area contributed by atoms with Gasteiger partial charge in [0.15, 0.2) is 0 Å². The lowest BCUT2D eigenvalue weighted by Gasteiger charge is -2.33. The van der Waals surface area contributed by atoms with E-state index in [0.29, 0.717) is 0 Å². The van der Waals surface area contributed by atoms with Crippen LogP contribution in [0.4, 0.5) is 11.4 Å². The van der Waals surface area contributed by atoms with Crippen LogP contribution in [-0.2, 0) is 4.79 Å². The van der Waals surface area contributed by atoms with Gasteiger partial charge in [-0.05, 0) is 57.4 Å². The third kappa shape index (κ3) is 5.66. The van der Waals surface area contributed by atoms with Gasteiger partial charge in [-0.25, -0.2) is 0 Å². The fraction of sp³-hybridized carbons (Fsp3) is 0.316. The molecule has 0 saturated heterocycles. The van der Waals surface area contributed by atoms with Crippen molar-refractivity contribution in [3.63, 3.8) is 0 Å². The first-order valence-corrected chi connectivity index (χ1v) is 9.26. The van der Waals surface area contributed by atoms with Gasteiger partial charge in [-0.1, -0.05) is 35.5 Å². The number of hydrogen-bond donors (Lipinski definition) is 1. The van der Waals surface area contributed by atoms with E-state index in [-0.39, 0.29) is 0 Å². The molecule has 4 nitrogen and oxygen atoms in total. The monoisotopic (exact) mass is 378 g/mol. The van der Waals surface area contributed by atoms with Gasteiger partial charge in [-0.2, -0.15) is 0 Å². The summed E-state index contributed by atoms with van der Waals surface area (Å²) in [5.74, 6) is -0.833. The maximum atomic E-state index is 9.00. The standard InChI is InChI=1S/C17H19ClN2S.C2H4O2/c1-19(2)10-5-11-20-14-6-3-4-7-16(14)21-17-9-8-13(18)12-15(17)20;1-2(3)4/h3-4,6-9,12H,5,10-11H2,1-2H3;1H3,(H,3,4). The van der Waals surface area contributed by atoms with E-state index in [1.54, 1.807) is 0 Å². The number of nitrogens with zero attached hydrogens (tertiary/aromatic N) is 2. The summed E-state index contributed by atoms with van der Waals surface area (Å²) in [5.41, 5.74) is 2.51. The molecular weight excluding hydrogens is 356 g/mol. The number of fused-ring (bicyclic) bond motifs is 2. The molecule has 0 bridgehead atoms. The van der Waals surface area contributed by atoms with Gasteiger partial charge in [0, 0.05) is 28.3 Å². The number of halogens is 1. The molecule has 134 valence electrons. The second kappa shape index (κ2) is 9.13. The summed E-state index contributed by atoms with van der Waals surface area (Å²) < 4.78 is 0. The molecule has 1 aliphatic heterocycles. The molecule has 6 heteroatoms. The number of anilines is 2. The average molecular weight is 379 g/mol. The number of aliphatic carboxylic acids is 1. The van der Waals surface area contributed by atoms with Crippen molar-refractivity contribution in [2.45, 2.75) is 23.1 Å². The van der Waals surface area contributed by atoms with Crippen LogP contribution in [0.1, 0.15) is 13.3 Å². The third-order valence-electron chi connectivity index (χ3n) is 3.57. The van der Waals surface area contributed by atoms with Gasteiger partial charge in [-0.3, -0.25) is 4.79 Å². The van der Waals surface area contributed by atoms with Crippen molar-refractivity contribution in [1.29, 1.82) is 0 Å². The molecule has 0 unspecified atom stereocenters. The van der Waals surface area contributed by atoms with Crippen LogP contribution in [0.3, 0.4) is 0 Å². The van der Waals surface area contributed by atoms with E-state index < -0.39 is 5.97 Å². The molecule has 0 atom stereocenters. The Morgan fingerprint density at radius 2 is 1.80 bits per heavy atom. The Balaban J connectivity index is 0.000000511. The average Bonchev–Trinajstić information content (AvgIpc) is 2.54. The maximum Gasteiger partial charge on any atom is 0.300 e. The normalized spacial score (nSPS) is 12.1. The van der Waals surface area contributed by atoms with Gasteiger partial charge in [0.05, 0.1) is 11.4 Å². The van der Waals surface area contributed by atoms with Crippen LogP contribution in [0.5, 0.6) is 0 Å². The van der Waals surface area contributed by atoms with E-state index in [0.717, 1.165) is 31.5 Å². The van der Waals surface area contributed by atoms with Crippen molar-refractivity contribution in [2.75, 3.05) is 32.1 Å². The molecule has 1 heterocycles. The van der Waals surface area contributed by atoms with Gasteiger partial charge in [0.25, 0.3) is 5.97 Å². The quantitative estimate of drug-likeness (QED) is 0.812. The number of carboxylic acids is 1. The Hall–Kier alpha value is -1.69. The number of para-hydroxylation sites is 1. The largest absolute Gasteiger partial charge is 0.481 e. The summed E-state index contributed by atoms with van der Waals surface area (Å²) in [5, 5.41) is 8.21. The van der Waals surface area contributed by atoms with Crippen molar-refractivity contribution >= 4 is 40.7 Å². The molecule has 1 aliphatic rings. The van der Waals surface area contributed by atoms with Crippen LogP contribution in [0, 0.1) is 0 Å². The highest BCUT2D eigenvalue weighted by Gasteiger charge is 2.22. The van der Waals surface area contributed by atoms with Crippen molar-refractivity contribution in [3.05, 3.63) is 47.5 Å². The summed E-state index contributed by atoms with van der Waals surface area (Å²) >= 11 is 8.03. The molecule has 0 aromatic heterocycles. The molecule has 0 saturated carbocycles. The van der Waals surface area contributed by atoms with E-state index in [2.05, 4.69) is 60.3 Å². The second-order valence-corrected chi connectivity index (χ2v) is 7.53. The lowest BCUT2D eigenvalue weighted by molar-refractivity contribution is -0.134. The molecule has 0 radical (unpaired) electrons. The van der Waals surface area contributed by atoms with E-state index in [1.807, 2.05) is 17.8 Å². The fourth-order valence-corrected chi connectivity index (χ4v) is 3.83. The summed E-state index contributed by atoms with van der Waals surface area (Å²) in [4.78, 5) is 16.2. The number of hydrogen-bond acceptors (Lipinski definition) is 4. The van der Waals surface area contributed by atoms with Crippen LogP contribution < -0.4 is 4.90 Å². The van der Waals surface area contributed by atoms with Gasteiger partial charge in [-0.15, -0.1) is 0 Å². The second-order valence-electron chi connectivity index (χ2n) is 6.01. The predicted molar refractivity (Wildman–Crippen MR) is 106 cm³/mol. The SMILES string of the molecule is CC(=O)O.CN(C)CCCN1c2ccccc2Sc2ccc(Cl)cc21. The van der Waals surface area contributed by atoms with Crippen molar-refractivity contribution < 1.29 is 9.90 Å². The third-order valence-corrected chi connectivity index (χ3v) is 4.94. The summed E-state index contributed by atoms with van der Waals surface area (Å²) in [6.45, 7) is 3.17. The van der Waals surface area contributed by atoms with Gasteiger partial charge < -0.3 is 14.9 Å². The molecule has 25 heavy (non-hydrogen) atoms. The van der Waals surface area contributed by atoms with Crippen LogP contribution >= 0.6 is 23.4 Å². The number of benzene rings is 2. The van der Waals surface area contributed by atoms with Crippen molar-refractivity contribution in [3.8, 4) is 0 Å². The number of carbonyl (C=O) groups is 1. The fourth-order valence-electron chi connectivity index (χ4n) is 2.59. The summed E-state index contributed by atoms with van der Waals surface area (Å²) in [7, 11) is 4.23. The maximum absolute atomic E-state index is 9.00. The van der Waals surface area contributed by atoms with E-state index >= 15 is 0 Å². The molecule has 0 amide bonds. The van der Waals surface area contributed by atoms with Crippen molar-refractivity contribution in [2.24, 2.45) is 0 Å². The minimum absolute atomic E-state index is 0.798. The zero-order valence-corrected chi connectivity index (χ0v) is 16.3. The van der Waals surface area contributed by atoms with Crippen LogP contribution in [0.2, 0.25) is 5.02 Å². The molecular formula is C19H23ClN2O2S. The first kappa shape index (κ1) is 19.6. The zero-order valence-electron chi connectivity index (χ0n) is 14.7. The molecule has 1 N–H and O–H groups in total. The molecule has 2 aromatic carbocycles. The Morgan fingerprint density at radius 3 is 2.48 bits per heavy atom. The topological polar surface area (TPSA) is 43.8 Å². The lowest BCUT2D eigenvalue weighted by Crippen LogP contribution is -2.25. The molecule has 0 aliphatic carbocycles. The van der Waals surface area contributed by atoms with Gasteiger partial charge >= 0.3 is 0 Å². The lowest BCUT2D eigenvalue weighted by atomic mass is 10.2. The smallest absolute Gasteiger partial charge is 0.300 e. The Bertz CT molecular complexity index is 733. The van der Waals surface area contributed by atoms with E-state index in [4.69, 9.17) is 21.5 Å². The molecule has 0 spiro atoms. The van der Waals surface area contributed by atoms with Crippen LogP contribution in [0.15, 0.2) is 52.3 Å². The highest BCUT2D eigenvalue weighted by atomic mass is 35.5. The zero-order chi connectivity index (χ0) is 18.4. The summed E-state index contributed by atoms with van der Waals surface area (Å²) in [6, 6.07) is 14.8.